The summed E-state index contributed by atoms with van der Waals surface area (Å²) >= 11 is 3.23. The van der Waals surface area contributed by atoms with Gasteiger partial charge >= 0.3 is 0 Å². The van der Waals surface area contributed by atoms with Gasteiger partial charge in [0.1, 0.15) is 0 Å². The van der Waals surface area contributed by atoms with Crippen molar-refractivity contribution in [3.05, 3.63) is 22.7 Å². The molecule has 0 unspecified atom stereocenters. The van der Waals surface area contributed by atoms with E-state index in [0.29, 0.717) is 36.2 Å². The zero-order chi connectivity index (χ0) is 13.2. The first-order valence-corrected chi connectivity index (χ1v) is 7.92. The summed E-state index contributed by atoms with van der Waals surface area (Å²) in [6.07, 6.45) is 1.39. The number of rotatable bonds is 3. The molecule has 1 aliphatic rings. The minimum absolute atomic E-state index is 0.0721. The fraction of sp³-hybridized carbons (Fsp3) is 0.455. The Kier molecular flexibility index (Phi) is 4.26. The molecule has 0 atom stereocenters. The number of nitrogens with two attached hydrogens (primary N) is 1. The zero-order valence-corrected chi connectivity index (χ0v) is 12.1. The van der Waals surface area contributed by atoms with E-state index in [1.807, 2.05) is 0 Å². The van der Waals surface area contributed by atoms with Crippen LogP contribution in [-0.2, 0) is 14.8 Å². The van der Waals surface area contributed by atoms with E-state index in [0.717, 1.165) is 0 Å². The fourth-order valence-corrected chi connectivity index (χ4v) is 4.13. The van der Waals surface area contributed by atoms with E-state index in [4.69, 9.17) is 10.5 Å². The van der Waals surface area contributed by atoms with Crippen LogP contribution < -0.4 is 10.5 Å². The first-order chi connectivity index (χ1) is 8.49. The van der Waals surface area contributed by atoms with Crippen molar-refractivity contribution >= 4 is 31.6 Å². The van der Waals surface area contributed by atoms with Crippen molar-refractivity contribution in [2.24, 2.45) is 0 Å². The van der Waals surface area contributed by atoms with E-state index in [9.17, 15) is 8.42 Å². The van der Waals surface area contributed by atoms with E-state index < -0.39 is 10.0 Å². The first-order valence-electron chi connectivity index (χ1n) is 5.64. The van der Waals surface area contributed by atoms with Gasteiger partial charge in [-0.15, -0.1) is 0 Å². The van der Waals surface area contributed by atoms with Crippen LogP contribution in [0.4, 0.5) is 5.69 Å². The molecule has 2 rings (SSSR count). The SMILES string of the molecule is Nc1ccc(Br)c(S(=O)(=O)NC2CCOCC2)c1. The third-order valence-corrected chi connectivity index (χ3v) is 5.30. The van der Waals surface area contributed by atoms with Gasteiger partial charge in [-0.3, -0.25) is 0 Å². The van der Waals surface area contributed by atoms with Gasteiger partial charge in [0.25, 0.3) is 0 Å². The van der Waals surface area contributed by atoms with Gasteiger partial charge in [-0.2, -0.15) is 0 Å². The Labute approximate surface area is 115 Å². The maximum Gasteiger partial charge on any atom is 0.242 e. The summed E-state index contributed by atoms with van der Waals surface area (Å²) < 4.78 is 32.9. The lowest BCUT2D eigenvalue weighted by atomic mass is 10.1. The van der Waals surface area contributed by atoms with Gasteiger partial charge in [-0.05, 0) is 47.0 Å². The quantitative estimate of drug-likeness (QED) is 0.820. The summed E-state index contributed by atoms with van der Waals surface area (Å²) in [7, 11) is -3.55. The van der Waals surface area contributed by atoms with Crippen LogP contribution in [0.25, 0.3) is 0 Å². The number of nitrogen functional groups attached to an aromatic ring is 1. The smallest absolute Gasteiger partial charge is 0.242 e. The number of hydrogen-bond acceptors (Lipinski definition) is 4. The lowest BCUT2D eigenvalue weighted by Crippen LogP contribution is -2.38. The lowest BCUT2D eigenvalue weighted by molar-refractivity contribution is 0.0832. The van der Waals surface area contributed by atoms with E-state index in [1.165, 1.54) is 6.07 Å². The van der Waals surface area contributed by atoms with Gasteiger partial charge in [-0.1, -0.05) is 0 Å². The average molecular weight is 335 g/mol. The van der Waals surface area contributed by atoms with Crippen LogP contribution in [0.2, 0.25) is 0 Å². The predicted molar refractivity (Wildman–Crippen MR) is 72.7 cm³/mol. The van der Waals surface area contributed by atoms with Crippen molar-refractivity contribution in [1.29, 1.82) is 0 Å². The molecule has 7 heteroatoms. The van der Waals surface area contributed by atoms with E-state index in [2.05, 4.69) is 20.7 Å². The molecular formula is C11H15BrN2O3S. The van der Waals surface area contributed by atoms with Gasteiger partial charge in [-0.25, -0.2) is 13.1 Å². The highest BCUT2D eigenvalue weighted by atomic mass is 79.9. The normalized spacial score (nSPS) is 17.8. The minimum atomic E-state index is -3.55. The summed E-state index contributed by atoms with van der Waals surface area (Å²) in [4.78, 5) is 0.175. The van der Waals surface area contributed by atoms with Gasteiger partial charge in [0, 0.05) is 29.4 Å². The molecule has 0 bridgehead atoms. The highest BCUT2D eigenvalue weighted by Gasteiger charge is 2.23. The Morgan fingerprint density at radius 1 is 1.33 bits per heavy atom. The summed E-state index contributed by atoms with van der Waals surface area (Å²) in [5.41, 5.74) is 6.05. The number of benzene rings is 1. The third kappa shape index (κ3) is 3.23. The van der Waals surface area contributed by atoms with Crippen LogP contribution >= 0.6 is 15.9 Å². The Bertz CT molecular complexity index is 527. The molecule has 1 aliphatic heterocycles. The Morgan fingerprint density at radius 2 is 2.00 bits per heavy atom. The van der Waals surface area contributed by atoms with Crippen LogP contribution in [0.5, 0.6) is 0 Å². The molecule has 1 aromatic rings. The number of nitrogens with one attached hydrogen (secondary N) is 1. The molecule has 1 aromatic carbocycles. The fourth-order valence-electron chi connectivity index (χ4n) is 1.82. The van der Waals surface area contributed by atoms with Crippen LogP contribution in [-0.4, -0.2) is 27.7 Å². The summed E-state index contributed by atoms with van der Waals surface area (Å²) in [6.45, 7) is 1.18. The van der Waals surface area contributed by atoms with E-state index in [1.54, 1.807) is 12.1 Å². The molecule has 0 saturated carbocycles. The molecule has 1 heterocycles. The third-order valence-electron chi connectivity index (χ3n) is 2.79. The van der Waals surface area contributed by atoms with Crippen molar-refractivity contribution in [3.63, 3.8) is 0 Å². The molecule has 5 nitrogen and oxygen atoms in total. The first kappa shape index (κ1) is 13.8. The molecule has 3 N–H and O–H groups in total. The molecule has 0 spiro atoms. The molecular weight excluding hydrogens is 320 g/mol. The van der Waals surface area contributed by atoms with E-state index in [-0.39, 0.29) is 10.9 Å². The highest BCUT2D eigenvalue weighted by Crippen LogP contribution is 2.25. The van der Waals surface area contributed by atoms with Gasteiger partial charge in [0.05, 0.1) is 4.90 Å². The molecule has 18 heavy (non-hydrogen) atoms. The van der Waals surface area contributed by atoms with Gasteiger partial charge in [0.2, 0.25) is 10.0 Å². The second-order valence-corrected chi connectivity index (χ2v) is 6.73. The van der Waals surface area contributed by atoms with Crippen molar-refractivity contribution in [2.75, 3.05) is 18.9 Å². The number of ether oxygens (including phenoxy) is 1. The van der Waals surface area contributed by atoms with Gasteiger partial charge in [0.15, 0.2) is 0 Å². The second-order valence-electron chi connectivity index (χ2n) is 4.20. The summed E-state index contributed by atoms with van der Waals surface area (Å²) in [5.74, 6) is 0. The van der Waals surface area contributed by atoms with Crippen molar-refractivity contribution in [1.82, 2.24) is 4.72 Å². The van der Waals surface area contributed by atoms with Crippen molar-refractivity contribution in [3.8, 4) is 0 Å². The van der Waals surface area contributed by atoms with Crippen LogP contribution in [0, 0.1) is 0 Å². The minimum Gasteiger partial charge on any atom is -0.399 e. The van der Waals surface area contributed by atoms with Crippen LogP contribution in [0.3, 0.4) is 0 Å². The maximum absolute atomic E-state index is 12.2. The van der Waals surface area contributed by atoms with Crippen LogP contribution in [0.1, 0.15) is 12.8 Å². The van der Waals surface area contributed by atoms with E-state index >= 15 is 0 Å². The zero-order valence-electron chi connectivity index (χ0n) is 9.73. The largest absolute Gasteiger partial charge is 0.399 e. The molecule has 0 radical (unpaired) electrons. The lowest BCUT2D eigenvalue weighted by Gasteiger charge is -2.23. The topological polar surface area (TPSA) is 81.4 Å². The monoisotopic (exact) mass is 334 g/mol. The standard InChI is InChI=1S/C11H15BrN2O3S/c12-10-2-1-8(13)7-11(10)18(15,16)14-9-3-5-17-6-4-9/h1-2,7,9,14H,3-6,13H2. The van der Waals surface area contributed by atoms with Crippen LogP contribution in [0.15, 0.2) is 27.6 Å². The molecule has 100 valence electrons. The Morgan fingerprint density at radius 3 is 2.67 bits per heavy atom. The second kappa shape index (κ2) is 5.56. The maximum atomic E-state index is 12.2. The number of sulfonamides is 1. The molecule has 0 aromatic heterocycles. The molecule has 1 saturated heterocycles. The average Bonchev–Trinajstić information content (AvgIpc) is 2.33. The van der Waals surface area contributed by atoms with Crippen molar-refractivity contribution in [2.45, 2.75) is 23.8 Å². The summed E-state index contributed by atoms with van der Waals surface area (Å²) in [5, 5.41) is 0. The summed E-state index contributed by atoms with van der Waals surface area (Å²) in [6, 6.07) is 4.66. The number of anilines is 1. The van der Waals surface area contributed by atoms with Crippen molar-refractivity contribution < 1.29 is 13.2 Å². The Balaban J connectivity index is 2.21. The number of halogens is 1. The number of hydrogen-bond donors (Lipinski definition) is 2. The molecule has 0 amide bonds. The predicted octanol–water partition coefficient (Wildman–Crippen LogP) is 1.49. The highest BCUT2D eigenvalue weighted by molar-refractivity contribution is 9.10. The molecule has 0 aliphatic carbocycles. The van der Waals surface area contributed by atoms with Gasteiger partial charge < -0.3 is 10.5 Å². The molecule has 1 fully saturated rings. The Hall–Kier alpha value is -0.630.